The number of nitrogens with zero attached hydrogens (tertiary/aromatic N) is 2. The minimum Gasteiger partial charge on any atom is -0.494 e. The van der Waals surface area contributed by atoms with Crippen molar-refractivity contribution in [2.45, 2.75) is 57.9 Å². The summed E-state index contributed by atoms with van der Waals surface area (Å²) in [6.45, 7) is 7.10. The maximum Gasteiger partial charge on any atom is 0.281 e. The molecule has 4 aromatic rings. The molecular formula is C31H36N4O5S3. The standard InChI is InChI=1S/C31H36N4O5S3/c1-31(2,3)18-19-40-24-14-9-13-23(21-24)29-28-25-15-7-6-12-22(25)11-5-4-8-20-42(36,37)34-26-16-10-17-27(32-26)43(38,39)35-30(33-28)41-29/h6-7,9-10,12-17,21H,4-5,8,11,18-20H2,1-3H3,(H,32,34)(H,33,35). The molecule has 0 spiro atoms. The molecule has 2 aromatic heterocycles. The van der Waals surface area contributed by atoms with Crippen molar-refractivity contribution < 1.29 is 21.6 Å². The molecule has 5 rings (SSSR count). The Labute approximate surface area is 257 Å². The normalized spacial score (nSPS) is 16.6. The third-order valence-corrected chi connectivity index (χ3v) is 10.7. The minimum absolute atomic E-state index is 0.0524. The molecular weight excluding hydrogens is 605 g/mol. The molecule has 228 valence electrons. The zero-order valence-corrected chi connectivity index (χ0v) is 26.9. The molecule has 0 atom stereocenters. The van der Waals surface area contributed by atoms with Gasteiger partial charge in [-0.2, -0.15) is 8.42 Å². The number of benzene rings is 2. The third-order valence-electron chi connectivity index (χ3n) is 6.96. The van der Waals surface area contributed by atoms with Crippen LogP contribution in [0.2, 0.25) is 0 Å². The van der Waals surface area contributed by atoms with E-state index in [0.717, 1.165) is 46.6 Å². The molecule has 0 amide bonds. The van der Waals surface area contributed by atoms with Gasteiger partial charge in [0.05, 0.1) is 22.9 Å². The molecule has 2 N–H and O–H groups in total. The molecule has 0 fully saturated rings. The number of rotatable bonds is 4. The van der Waals surface area contributed by atoms with Gasteiger partial charge in [-0.3, -0.25) is 9.44 Å². The predicted octanol–water partition coefficient (Wildman–Crippen LogP) is 6.96. The predicted molar refractivity (Wildman–Crippen MR) is 173 cm³/mol. The second-order valence-electron chi connectivity index (χ2n) is 11.7. The quantitative estimate of drug-likeness (QED) is 0.247. The van der Waals surface area contributed by atoms with Crippen LogP contribution in [0.4, 0.5) is 10.9 Å². The number of anilines is 2. The highest BCUT2D eigenvalue weighted by Crippen LogP contribution is 2.42. The summed E-state index contributed by atoms with van der Waals surface area (Å²) in [4.78, 5) is 9.70. The topological polar surface area (TPSA) is 127 Å². The molecule has 1 aliphatic heterocycles. The van der Waals surface area contributed by atoms with Crippen molar-refractivity contribution >= 4 is 42.3 Å². The molecule has 2 aromatic carbocycles. The number of nitrogens with one attached hydrogen (secondary N) is 2. The van der Waals surface area contributed by atoms with Gasteiger partial charge in [0.1, 0.15) is 11.6 Å². The smallest absolute Gasteiger partial charge is 0.281 e. The highest BCUT2D eigenvalue weighted by molar-refractivity contribution is 7.93. The van der Waals surface area contributed by atoms with Crippen molar-refractivity contribution in [2.75, 3.05) is 21.8 Å². The van der Waals surface area contributed by atoms with Crippen LogP contribution in [0.5, 0.6) is 5.75 Å². The van der Waals surface area contributed by atoms with Crippen molar-refractivity contribution in [3.05, 3.63) is 72.3 Å². The lowest BCUT2D eigenvalue weighted by molar-refractivity contribution is 0.243. The second-order valence-corrected chi connectivity index (χ2v) is 16.2. The van der Waals surface area contributed by atoms with E-state index in [9.17, 15) is 16.8 Å². The van der Waals surface area contributed by atoms with E-state index in [1.165, 1.54) is 29.5 Å². The Balaban J connectivity index is 1.58. The third kappa shape index (κ3) is 8.12. The lowest BCUT2D eigenvalue weighted by atomic mass is 9.93. The largest absolute Gasteiger partial charge is 0.494 e. The molecule has 1 aliphatic rings. The van der Waals surface area contributed by atoms with Gasteiger partial charge in [0.25, 0.3) is 10.0 Å². The van der Waals surface area contributed by atoms with Gasteiger partial charge in [0.2, 0.25) is 10.0 Å². The van der Waals surface area contributed by atoms with Crippen LogP contribution in [-0.2, 0) is 26.5 Å². The molecule has 12 heteroatoms. The summed E-state index contributed by atoms with van der Waals surface area (Å²) in [6.07, 6.45) is 3.59. The van der Waals surface area contributed by atoms with E-state index >= 15 is 0 Å². The summed E-state index contributed by atoms with van der Waals surface area (Å²) in [7, 11) is -7.87. The summed E-state index contributed by atoms with van der Waals surface area (Å²) >= 11 is 1.23. The number of aryl methyl sites for hydroxylation is 1. The van der Waals surface area contributed by atoms with Gasteiger partial charge in [0, 0.05) is 5.56 Å². The molecule has 9 nitrogen and oxygen atoms in total. The summed E-state index contributed by atoms with van der Waals surface area (Å²) in [5.74, 6) is 0.594. The molecule has 0 aliphatic carbocycles. The van der Waals surface area contributed by atoms with Gasteiger partial charge < -0.3 is 4.74 Å². The Kier molecular flexibility index (Phi) is 9.10. The van der Waals surface area contributed by atoms with Gasteiger partial charge in [-0.05, 0) is 66.5 Å². The average molecular weight is 641 g/mol. The first kappa shape index (κ1) is 31.0. The van der Waals surface area contributed by atoms with Crippen LogP contribution in [0.1, 0.15) is 52.0 Å². The highest BCUT2D eigenvalue weighted by atomic mass is 32.2. The van der Waals surface area contributed by atoms with Crippen molar-refractivity contribution in [3.63, 3.8) is 0 Å². The number of ether oxygens (including phenoxy) is 1. The second kappa shape index (κ2) is 12.6. The summed E-state index contributed by atoms with van der Waals surface area (Å²) < 4.78 is 63.2. The molecule has 0 unspecified atom stereocenters. The molecule has 0 radical (unpaired) electrons. The van der Waals surface area contributed by atoms with Crippen LogP contribution in [0.15, 0.2) is 71.8 Å². The Hall–Kier alpha value is -3.48. The van der Waals surface area contributed by atoms with E-state index in [4.69, 9.17) is 9.72 Å². The number of hydrogen-bond acceptors (Lipinski definition) is 8. The van der Waals surface area contributed by atoms with Gasteiger partial charge >= 0.3 is 0 Å². The number of hydrogen-bond donors (Lipinski definition) is 2. The number of fused-ring (bicyclic) bond motifs is 6. The zero-order chi connectivity index (χ0) is 30.7. The number of aromatic nitrogens is 2. The van der Waals surface area contributed by atoms with Gasteiger partial charge in [0.15, 0.2) is 10.2 Å². The van der Waals surface area contributed by atoms with Gasteiger partial charge in [-0.1, -0.05) is 81.0 Å². The molecule has 43 heavy (non-hydrogen) atoms. The Bertz CT molecular complexity index is 1810. The van der Waals surface area contributed by atoms with E-state index in [1.807, 2.05) is 48.5 Å². The van der Waals surface area contributed by atoms with Crippen LogP contribution in [0, 0.1) is 5.41 Å². The molecule has 4 bridgehead atoms. The highest BCUT2D eigenvalue weighted by Gasteiger charge is 2.24. The van der Waals surface area contributed by atoms with Crippen LogP contribution < -0.4 is 14.2 Å². The number of sulfonamides is 2. The lowest BCUT2D eigenvalue weighted by Gasteiger charge is -2.18. The first-order chi connectivity index (χ1) is 20.4. The number of thiazole rings is 1. The minimum atomic E-state index is -4.18. The maximum absolute atomic E-state index is 13.4. The zero-order valence-electron chi connectivity index (χ0n) is 24.5. The van der Waals surface area contributed by atoms with Crippen LogP contribution in [-0.4, -0.2) is 39.2 Å². The fourth-order valence-corrected chi connectivity index (χ4v) is 7.99. The van der Waals surface area contributed by atoms with E-state index in [1.54, 1.807) is 0 Å². The van der Waals surface area contributed by atoms with Crippen molar-refractivity contribution in [1.82, 2.24) is 9.97 Å². The Morgan fingerprint density at radius 2 is 1.67 bits per heavy atom. The first-order valence-electron chi connectivity index (χ1n) is 14.2. The van der Waals surface area contributed by atoms with Crippen molar-refractivity contribution in [1.29, 1.82) is 0 Å². The fraction of sp³-hybridized carbons (Fsp3) is 0.355. The van der Waals surface area contributed by atoms with Crippen molar-refractivity contribution in [2.24, 2.45) is 5.41 Å². The van der Waals surface area contributed by atoms with E-state index in [2.05, 4.69) is 35.2 Å². The van der Waals surface area contributed by atoms with Gasteiger partial charge in [-0.15, -0.1) is 0 Å². The summed E-state index contributed by atoms with van der Waals surface area (Å²) in [5, 5.41) is -0.138. The van der Waals surface area contributed by atoms with Crippen molar-refractivity contribution in [3.8, 4) is 27.4 Å². The monoisotopic (exact) mass is 640 g/mol. The summed E-state index contributed by atoms with van der Waals surface area (Å²) in [5.41, 5.74) is 3.64. The van der Waals surface area contributed by atoms with Crippen LogP contribution in [0.3, 0.4) is 0 Å². The SMILES string of the molecule is CC(C)(C)CCOc1cccc(-c2sc3nc2-c2ccccc2CCCCCS(=O)(=O)Nc2cccc(n2)S(=O)(=O)N3)c1. The lowest BCUT2D eigenvalue weighted by Crippen LogP contribution is -2.19. The van der Waals surface area contributed by atoms with Crippen LogP contribution >= 0.6 is 11.3 Å². The Morgan fingerprint density at radius 1 is 0.884 bits per heavy atom. The number of pyridine rings is 1. The average Bonchev–Trinajstić information content (AvgIpc) is 3.35. The van der Waals surface area contributed by atoms with E-state index < -0.39 is 20.0 Å². The van der Waals surface area contributed by atoms with Gasteiger partial charge in [-0.25, -0.2) is 18.4 Å². The molecule has 0 saturated heterocycles. The maximum atomic E-state index is 13.4. The van der Waals surface area contributed by atoms with E-state index in [0.29, 0.717) is 25.1 Å². The summed E-state index contributed by atoms with van der Waals surface area (Å²) in [6, 6.07) is 19.9. The van der Waals surface area contributed by atoms with Crippen LogP contribution in [0.25, 0.3) is 21.7 Å². The molecule has 0 saturated carbocycles. The molecule has 3 heterocycles. The fourth-order valence-electron chi connectivity index (χ4n) is 4.70. The van der Waals surface area contributed by atoms with E-state index in [-0.39, 0.29) is 27.1 Å². The Morgan fingerprint density at radius 3 is 2.49 bits per heavy atom. The first-order valence-corrected chi connectivity index (χ1v) is 18.2.